The molecule has 2 nitrogen and oxygen atoms in total. The van der Waals surface area contributed by atoms with Crippen LogP contribution in [0.5, 0.6) is 0 Å². The second kappa shape index (κ2) is 7.95. The monoisotopic (exact) mass is 382 g/mol. The fourth-order valence-electron chi connectivity index (χ4n) is 6.81. The summed E-state index contributed by atoms with van der Waals surface area (Å²) in [5.74, 6) is 2.23. The molecule has 2 heteroatoms. The van der Waals surface area contributed by atoms with Gasteiger partial charge in [0.2, 0.25) is 0 Å². The van der Waals surface area contributed by atoms with Crippen LogP contribution in [0.1, 0.15) is 57.9 Å². The van der Waals surface area contributed by atoms with Gasteiger partial charge in [0, 0.05) is 11.0 Å². The molecule has 1 saturated carbocycles. The molecule has 0 bridgehead atoms. The lowest BCUT2D eigenvalue weighted by Crippen LogP contribution is -2.58. The third kappa shape index (κ3) is 4.24. The summed E-state index contributed by atoms with van der Waals surface area (Å²) in [7, 11) is 4.78. The first-order chi connectivity index (χ1) is 13.4. The van der Waals surface area contributed by atoms with Crippen LogP contribution in [0.15, 0.2) is 42.5 Å². The molecule has 1 aliphatic heterocycles. The van der Waals surface area contributed by atoms with Crippen LogP contribution >= 0.6 is 0 Å². The second-order valence-electron chi connectivity index (χ2n) is 11.0. The smallest absolute Gasteiger partial charge is 0.104 e. The van der Waals surface area contributed by atoms with Crippen molar-refractivity contribution in [3.63, 3.8) is 0 Å². The van der Waals surface area contributed by atoms with Gasteiger partial charge in [-0.2, -0.15) is 0 Å². The summed E-state index contributed by atoms with van der Waals surface area (Å²) in [5.41, 5.74) is 1.60. The molecule has 0 N–H and O–H groups in total. The molecule has 0 amide bonds. The van der Waals surface area contributed by atoms with Crippen molar-refractivity contribution in [1.29, 1.82) is 0 Å². The first kappa shape index (κ1) is 20.2. The van der Waals surface area contributed by atoms with Gasteiger partial charge in [0.05, 0.1) is 32.8 Å². The minimum atomic E-state index is 0.175. The average molecular weight is 383 g/mol. The van der Waals surface area contributed by atoms with Crippen LogP contribution in [0.25, 0.3) is 0 Å². The quantitative estimate of drug-likeness (QED) is 0.460. The van der Waals surface area contributed by atoms with E-state index >= 15 is 0 Å². The Morgan fingerprint density at radius 1 is 1.00 bits per heavy atom. The maximum absolute atomic E-state index is 6.98. The first-order valence-corrected chi connectivity index (χ1v) is 11.5. The van der Waals surface area contributed by atoms with Gasteiger partial charge in [0.15, 0.2) is 0 Å². The largest absolute Gasteiger partial charge is 0.374 e. The van der Waals surface area contributed by atoms with Crippen LogP contribution in [0.3, 0.4) is 0 Å². The fourth-order valence-corrected chi connectivity index (χ4v) is 6.81. The summed E-state index contributed by atoms with van der Waals surface area (Å²) in [5, 5.41) is 0. The van der Waals surface area contributed by atoms with Gasteiger partial charge in [-0.15, -0.1) is 0 Å². The fraction of sp³-hybridized carbons (Fsp3) is 0.692. The second-order valence-corrected chi connectivity index (χ2v) is 11.0. The molecule has 154 valence electrons. The predicted molar refractivity (Wildman–Crippen MR) is 117 cm³/mol. The van der Waals surface area contributed by atoms with Crippen LogP contribution in [0.2, 0.25) is 0 Å². The number of rotatable bonds is 5. The van der Waals surface area contributed by atoms with Crippen molar-refractivity contribution >= 4 is 0 Å². The maximum atomic E-state index is 6.98. The number of hydrogen-bond acceptors (Lipinski definition) is 1. The van der Waals surface area contributed by atoms with Crippen molar-refractivity contribution in [3.8, 4) is 0 Å². The summed E-state index contributed by atoms with van der Waals surface area (Å²) in [4.78, 5) is 0. The van der Waals surface area contributed by atoms with Gasteiger partial charge in [-0.1, -0.05) is 69.2 Å². The standard InChI is InChI=1S/C26H40NO/c1-26(2,19-27(3,4)18-20-12-6-5-7-13-20)25-23-16-9-8-14-21(23)22-15-10-11-17-24(22)28-25/h5-8,12-14,21-25H,9-11,15-19H2,1-4H3/q+1/t21-,22+,23-,24+,25-/m1/s1. The Bertz CT molecular complexity index is 677. The van der Waals surface area contributed by atoms with Crippen molar-refractivity contribution < 1.29 is 9.22 Å². The Morgan fingerprint density at radius 2 is 1.75 bits per heavy atom. The van der Waals surface area contributed by atoms with Gasteiger partial charge < -0.3 is 9.22 Å². The highest BCUT2D eigenvalue weighted by Crippen LogP contribution is 2.50. The number of benzene rings is 1. The number of quaternary nitrogens is 1. The zero-order valence-corrected chi connectivity index (χ0v) is 18.4. The van der Waals surface area contributed by atoms with Gasteiger partial charge in [0.25, 0.3) is 0 Å². The van der Waals surface area contributed by atoms with Crippen LogP contribution in [0, 0.1) is 23.2 Å². The van der Waals surface area contributed by atoms with Crippen molar-refractivity contribution in [2.45, 2.75) is 71.1 Å². The number of ether oxygens (including phenoxy) is 1. The molecule has 2 fully saturated rings. The van der Waals surface area contributed by atoms with E-state index in [-0.39, 0.29) is 5.41 Å². The lowest BCUT2D eigenvalue weighted by molar-refractivity contribution is -0.910. The van der Waals surface area contributed by atoms with E-state index in [2.05, 4.69) is 70.4 Å². The van der Waals surface area contributed by atoms with E-state index in [1.165, 1.54) is 44.1 Å². The van der Waals surface area contributed by atoms with E-state index < -0.39 is 0 Å². The van der Waals surface area contributed by atoms with E-state index in [1.54, 1.807) is 0 Å². The zero-order chi connectivity index (χ0) is 19.8. The molecular weight excluding hydrogens is 342 g/mol. The molecule has 28 heavy (non-hydrogen) atoms. The summed E-state index contributed by atoms with van der Waals surface area (Å²) < 4.78 is 7.99. The highest BCUT2D eigenvalue weighted by atomic mass is 16.5. The van der Waals surface area contributed by atoms with E-state index in [0.717, 1.165) is 29.4 Å². The number of fused-ring (bicyclic) bond motifs is 3. The zero-order valence-electron chi connectivity index (χ0n) is 18.4. The van der Waals surface area contributed by atoms with Gasteiger partial charge in [-0.3, -0.25) is 0 Å². The van der Waals surface area contributed by atoms with E-state index in [4.69, 9.17) is 4.74 Å². The molecule has 2 aliphatic carbocycles. The first-order valence-electron chi connectivity index (χ1n) is 11.5. The highest BCUT2D eigenvalue weighted by Gasteiger charge is 2.51. The molecule has 5 atom stereocenters. The average Bonchev–Trinajstić information content (AvgIpc) is 2.67. The van der Waals surface area contributed by atoms with Crippen molar-refractivity contribution in [1.82, 2.24) is 0 Å². The SMILES string of the molecule is CC(C)(C[N+](C)(C)Cc1ccccc1)[C@@H]1O[C@H]2CCCC[C@H]2[C@H]2C=CCC[C@H]21. The molecule has 3 aliphatic rings. The molecular formula is C26H40NO+. The van der Waals surface area contributed by atoms with Gasteiger partial charge in [0.1, 0.15) is 6.54 Å². The summed E-state index contributed by atoms with van der Waals surface area (Å²) in [6.07, 6.45) is 13.9. The molecule has 0 aromatic heterocycles. The molecule has 1 saturated heterocycles. The Labute approximate surface area is 172 Å². The third-order valence-electron chi connectivity index (χ3n) is 7.54. The highest BCUT2D eigenvalue weighted by molar-refractivity contribution is 5.13. The Morgan fingerprint density at radius 3 is 2.54 bits per heavy atom. The normalized spacial score (nSPS) is 33.2. The lowest BCUT2D eigenvalue weighted by atomic mass is 9.61. The molecule has 0 spiro atoms. The van der Waals surface area contributed by atoms with Gasteiger partial charge in [-0.05, 0) is 43.4 Å². The predicted octanol–water partition coefficient (Wildman–Crippen LogP) is 5.83. The minimum absolute atomic E-state index is 0.175. The van der Waals surface area contributed by atoms with Crippen LogP contribution in [-0.4, -0.2) is 37.3 Å². The summed E-state index contributed by atoms with van der Waals surface area (Å²) in [6, 6.07) is 11.0. The van der Waals surface area contributed by atoms with Crippen LogP contribution in [-0.2, 0) is 11.3 Å². The molecule has 0 unspecified atom stereocenters. The van der Waals surface area contributed by atoms with Gasteiger partial charge in [-0.25, -0.2) is 0 Å². The maximum Gasteiger partial charge on any atom is 0.104 e. The Balaban J connectivity index is 1.53. The molecule has 1 aromatic rings. The molecule has 1 heterocycles. The molecule has 1 aromatic carbocycles. The third-order valence-corrected chi connectivity index (χ3v) is 7.54. The number of nitrogens with zero attached hydrogens (tertiary/aromatic N) is 1. The van der Waals surface area contributed by atoms with Crippen molar-refractivity contribution in [2.24, 2.45) is 23.2 Å². The van der Waals surface area contributed by atoms with E-state index in [9.17, 15) is 0 Å². The van der Waals surface area contributed by atoms with E-state index in [1.807, 2.05) is 0 Å². The summed E-state index contributed by atoms with van der Waals surface area (Å²) >= 11 is 0. The Hall–Kier alpha value is -1.12. The topological polar surface area (TPSA) is 9.23 Å². The van der Waals surface area contributed by atoms with Crippen molar-refractivity contribution in [2.75, 3.05) is 20.6 Å². The van der Waals surface area contributed by atoms with Crippen molar-refractivity contribution in [3.05, 3.63) is 48.0 Å². The Kier molecular flexibility index (Phi) is 5.73. The molecule has 0 radical (unpaired) electrons. The van der Waals surface area contributed by atoms with Crippen LogP contribution < -0.4 is 0 Å². The van der Waals surface area contributed by atoms with Gasteiger partial charge >= 0.3 is 0 Å². The number of hydrogen-bond donors (Lipinski definition) is 0. The van der Waals surface area contributed by atoms with E-state index in [0.29, 0.717) is 18.1 Å². The lowest BCUT2D eigenvalue weighted by Gasteiger charge is -2.54. The van der Waals surface area contributed by atoms with Crippen LogP contribution in [0.4, 0.5) is 0 Å². The minimum Gasteiger partial charge on any atom is -0.374 e. The molecule has 4 rings (SSSR count). The number of allylic oxidation sites excluding steroid dienone is 2. The summed E-state index contributed by atoms with van der Waals surface area (Å²) in [6.45, 7) is 7.18.